The van der Waals surface area contributed by atoms with Crippen LogP contribution in [-0.4, -0.2) is 23.9 Å². The van der Waals surface area contributed by atoms with E-state index in [1.54, 1.807) is 13.1 Å². The van der Waals surface area contributed by atoms with Gasteiger partial charge in [0.05, 0.1) is 6.04 Å². The maximum Gasteiger partial charge on any atom is 0.222 e. The zero-order valence-corrected chi connectivity index (χ0v) is 10.2. The molecule has 2 N–H and O–H groups in total. The zero-order chi connectivity index (χ0) is 12.6. The van der Waals surface area contributed by atoms with Crippen molar-refractivity contribution in [2.45, 2.75) is 24.9 Å². The first-order valence-corrected chi connectivity index (χ1v) is 5.85. The number of hydrogen-bond acceptors (Lipinski definition) is 2. The molecule has 1 aromatic carbocycles. The van der Waals surface area contributed by atoms with E-state index in [1.807, 2.05) is 0 Å². The van der Waals surface area contributed by atoms with Gasteiger partial charge in [0, 0.05) is 30.1 Å². The van der Waals surface area contributed by atoms with Gasteiger partial charge in [0.1, 0.15) is 5.82 Å². The number of carbonyl (C=O) groups is 1. The Kier molecular flexibility index (Phi) is 3.35. The van der Waals surface area contributed by atoms with E-state index in [0.717, 1.165) is 0 Å². The predicted octanol–water partition coefficient (Wildman–Crippen LogP) is 2.10. The van der Waals surface area contributed by atoms with Crippen LogP contribution in [0.4, 0.5) is 4.39 Å². The molecule has 92 valence electrons. The summed E-state index contributed by atoms with van der Waals surface area (Å²) in [4.78, 5) is 13.1. The summed E-state index contributed by atoms with van der Waals surface area (Å²) < 4.78 is 13.8. The quantitative estimate of drug-likeness (QED) is 0.836. The molecule has 17 heavy (non-hydrogen) atoms. The van der Waals surface area contributed by atoms with Crippen LogP contribution < -0.4 is 5.73 Å². The molecule has 2 rings (SSSR count). The Hall–Kier alpha value is -1.13. The third-order valence-electron chi connectivity index (χ3n) is 3.20. The average Bonchev–Trinajstić information content (AvgIpc) is 2.28. The minimum atomic E-state index is -0.482. The first-order chi connectivity index (χ1) is 8.02. The third-order valence-corrected chi connectivity index (χ3v) is 3.53. The molecule has 1 heterocycles. The Labute approximate surface area is 104 Å². The highest BCUT2D eigenvalue weighted by molar-refractivity contribution is 6.31. The molecule has 0 aliphatic carbocycles. The Bertz CT molecular complexity index is 432. The monoisotopic (exact) mass is 256 g/mol. The van der Waals surface area contributed by atoms with Crippen LogP contribution in [0, 0.1) is 5.82 Å². The molecule has 0 spiro atoms. The van der Waals surface area contributed by atoms with Gasteiger partial charge in [-0.3, -0.25) is 4.79 Å². The lowest BCUT2D eigenvalue weighted by atomic mass is 9.90. The van der Waals surface area contributed by atoms with E-state index in [0.29, 0.717) is 23.4 Å². The highest BCUT2D eigenvalue weighted by atomic mass is 35.5. The van der Waals surface area contributed by atoms with Crippen molar-refractivity contribution in [3.8, 4) is 0 Å². The van der Waals surface area contributed by atoms with Gasteiger partial charge in [-0.25, -0.2) is 4.39 Å². The van der Waals surface area contributed by atoms with Crippen LogP contribution in [0.3, 0.4) is 0 Å². The summed E-state index contributed by atoms with van der Waals surface area (Å²) >= 11 is 6.01. The molecular formula is C12H14ClFN2O. The Morgan fingerprint density at radius 1 is 1.53 bits per heavy atom. The maximum absolute atomic E-state index is 13.8. The number of rotatable bonds is 1. The van der Waals surface area contributed by atoms with Crippen LogP contribution in [0.5, 0.6) is 0 Å². The normalized spacial score (nSPS) is 25.2. The fraction of sp³-hybridized carbons (Fsp3) is 0.417. The summed E-state index contributed by atoms with van der Waals surface area (Å²) in [6.07, 6.45) is 0.957. The molecule has 1 aliphatic heterocycles. The summed E-state index contributed by atoms with van der Waals surface area (Å²) in [6, 6.07) is 3.72. The van der Waals surface area contributed by atoms with Crippen molar-refractivity contribution >= 4 is 17.5 Å². The first kappa shape index (κ1) is 12.3. The second-order valence-electron chi connectivity index (χ2n) is 4.29. The minimum absolute atomic E-state index is 0.0315. The van der Waals surface area contributed by atoms with Crippen molar-refractivity contribution in [2.24, 2.45) is 5.73 Å². The van der Waals surface area contributed by atoms with Crippen LogP contribution >= 0.6 is 11.6 Å². The predicted molar refractivity (Wildman–Crippen MR) is 64.1 cm³/mol. The maximum atomic E-state index is 13.8. The number of benzene rings is 1. The number of piperidine rings is 1. The molecular weight excluding hydrogens is 243 g/mol. The SMILES string of the molecule is CN1C(=O)CCC(N)C1c1c(F)cccc1Cl. The number of amides is 1. The second kappa shape index (κ2) is 4.63. The van der Waals surface area contributed by atoms with Crippen LogP contribution in [0.1, 0.15) is 24.4 Å². The second-order valence-corrected chi connectivity index (χ2v) is 4.69. The summed E-state index contributed by atoms with van der Waals surface area (Å²) in [6.45, 7) is 0. The van der Waals surface area contributed by atoms with Gasteiger partial charge in [-0.15, -0.1) is 0 Å². The summed E-state index contributed by atoms with van der Waals surface area (Å²) in [5, 5.41) is 0.312. The van der Waals surface area contributed by atoms with Crippen molar-refractivity contribution in [2.75, 3.05) is 7.05 Å². The van der Waals surface area contributed by atoms with Gasteiger partial charge in [0.2, 0.25) is 5.91 Å². The molecule has 0 radical (unpaired) electrons. The molecule has 0 aromatic heterocycles. The van der Waals surface area contributed by atoms with Gasteiger partial charge in [-0.2, -0.15) is 0 Å². The molecule has 1 fully saturated rings. The minimum Gasteiger partial charge on any atom is -0.337 e. The fourth-order valence-corrected chi connectivity index (χ4v) is 2.54. The van der Waals surface area contributed by atoms with Gasteiger partial charge in [-0.1, -0.05) is 17.7 Å². The van der Waals surface area contributed by atoms with Crippen molar-refractivity contribution in [1.29, 1.82) is 0 Å². The van der Waals surface area contributed by atoms with Crippen molar-refractivity contribution in [3.05, 3.63) is 34.6 Å². The lowest BCUT2D eigenvalue weighted by molar-refractivity contribution is -0.135. The fourth-order valence-electron chi connectivity index (χ4n) is 2.27. The zero-order valence-electron chi connectivity index (χ0n) is 9.49. The molecule has 2 atom stereocenters. The summed E-state index contributed by atoms with van der Waals surface area (Å²) in [5.41, 5.74) is 6.30. The molecule has 3 nitrogen and oxygen atoms in total. The number of nitrogens with zero attached hydrogens (tertiary/aromatic N) is 1. The van der Waals surface area contributed by atoms with Crippen molar-refractivity contribution in [3.63, 3.8) is 0 Å². The number of likely N-dealkylation sites (N-methyl/N-ethyl adjacent to an activating group) is 1. The van der Waals surface area contributed by atoms with Crippen molar-refractivity contribution in [1.82, 2.24) is 4.90 Å². The number of carbonyl (C=O) groups excluding carboxylic acids is 1. The Morgan fingerprint density at radius 3 is 2.88 bits per heavy atom. The van der Waals surface area contributed by atoms with E-state index < -0.39 is 11.9 Å². The lowest BCUT2D eigenvalue weighted by Gasteiger charge is -2.37. The summed E-state index contributed by atoms with van der Waals surface area (Å²) in [5.74, 6) is -0.449. The van der Waals surface area contributed by atoms with E-state index in [4.69, 9.17) is 17.3 Å². The van der Waals surface area contributed by atoms with E-state index in [-0.39, 0.29) is 11.9 Å². The topological polar surface area (TPSA) is 46.3 Å². The number of halogens is 2. The highest BCUT2D eigenvalue weighted by Crippen LogP contribution is 2.35. The molecule has 0 saturated carbocycles. The third kappa shape index (κ3) is 2.15. The van der Waals surface area contributed by atoms with E-state index in [2.05, 4.69) is 0 Å². The van der Waals surface area contributed by atoms with Crippen LogP contribution in [-0.2, 0) is 4.79 Å². The number of hydrogen-bond donors (Lipinski definition) is 1. The van der Waals surface area contributed by atoms with Crippen molar-refractivity contribution < 1.29 is 9.18 Å². The largest absolute Gasteiger partial charge is 0.337 e. The first-order valence-electron chi connectivity index (χ1n) is 5.47. The molecule has 1 aliphatic rings. The van der Waals surface area contributed by atoms with Crippen LogP contribution in [0.2, 0.25) is 5.02 Å². The van der Waals surface area contributed by atoms with E-state index >= 15 is 0 Å². The molecule has 0 bridgehead atoms. The van der Waals surface area contributed by atoms with Gasteiger partial charge in [0.15, 0.2) is 0 Å². The van der Waals surface area contributed by atoms with Crippen LogP contribution in [0.15, 0.2) is 18.2 Å². The lowest BCUT2D eigenvalue weighted by Crippen LogP contribution is -2.47. The molecule has 1 aromatic rings. The van der Waals surface area contributed by atoms with Gasteiger partial charge in [-0.05, 0) is 18.6 Å². The average molecular weight is 257 g/mol. The summed E-state index contributed by atoms with van der Waals surface area (Å²) in [7, 11) is 1.63. The molecule has 1 amide bonds. The van der Waals surface area contributed by atoms with Gasteiger partial charge in [0.25, 0.3) is 0 Å². The number of likely N-dealkylation sites (tertiary alicyclic amines) is 1. The van der Waals surface area contributed by atoms with Crippen LogP contribution in [0.25, 0.3) is 0 Å². The molecule has 5 heteroatoms. The Balaban J connectivity index is 2.46. The van der Waals surface area contributed by atoms with Gasteiger partial charge < -0.3 is 10.6 Å². The Morgan fingerprint density at radius 2 is 2.24 bits per heavy atom. The standard InChI is InChI=1S/C12H14ClFN2O/c1-16-10(17)6-5-9(15)12(16)11-7(13)3-2-4-8(11)14/h2-4,9,12H,5-6,15H2,1H3. The number of nitrogens with two attached hydrogens (primary N) is 1. The highest BCUT2D eigenvalue weighted by Gasteiger charge is 2.35. The molecule has 1 saturated heterocycles. The molecule has 2 unspecified atom stereocenters. The van der Waals surface area contributed by atoms with Gasteiger partial charge >= 0.3 is 0 Å². The smallest absolute Gasteiger partial charge is 0.222 e. The van der Waals surface area contributed by atoms with E-state index in [1.165, 1.54) is 17.0 Å². The van der Waals surface area contributed by atoms with E-state index in [9.17, 15) is 9.18 Å².